The monoisotopic (exact) mass is 197 g/mol. The lowest BCUT2D eigenvalue weighted by Crippen LogP contribution is -2.01. The first-order valence-corrected chi connectivity index (χ1v) is 5.27. The average Bonchev–Trinajstić information content (AvgIpc) is 2.24. The number of aliphatic imine (C=N–C) groups is 1. The van der Waals surface area contributed by atoms with Gasteiger partial charge in [-0.2, -0.15) is 0 Å². The van der Waals surface area contributed by atoms with Gasteiger partial charge in [0.25, 0.3) is 0 Å². The Hall–Kier alpha value is -1.63. The molecule has 1 heteroatoms. The van der Waals surface area contributed by atoms with E-state index >= 15 is 0 Å². The smallest absolute Gasteiger partial charge is 0.0703 e. The topological polar surface area (TPSA) is 12.4 Å². The third kappa shape index (κ3) is 2.24. The van der Waals surface area contributed by atoms with E-state index in [1.54, 1.807) is 0 Å². The zero-order valence-corrected chi connectivity index (χ0v) is 9.03. The van der Waals surface area contributed by atoms with Crippen LogP contribution in [0.5, 0.6) is 0 Å². The molecule has 0 aromatic carbocycles. The molecule has 0 aromatic rings. The van der Waals surface area contributed by atoms with Gasteiger partial charge in [0.15, 0.2) is 0 Å². The molecule has 2 rings (SSSR count). The molecule has 0 atom stereocenters. The molecule has 0 saturated heterocycles. The summed E-state index contributed by atoms with van der Waals surface area (Å²) < 4.78 is 0. The van der Waals surface area contributed by atoms with Crippen LogP contribution < -0.4 is 0 Å². The van der Waals surface area contributed by atoms with Crippen LogP contribution in [0.15, 0.2) is 64.9 Å². The second-order valence-electron chi connectivity index (χ2n) is 3.79. The number of nitrogens with zero attached hydrogens (tertiary/aromatic N) is 1. The van der Waals surface area contributed by atoms with Crippen molar-refractivity contribution >= 4 is 5.71 Å². The van der Waals surface area contributed by atoms with E-state index in [0.717, 1.165) is 29.8 Å². The van der Waals surface area contributed by atoms with E-state index in [0.29, 0.717) is 0 Å². The molecule has 0 radical (unpaired) electrons. The Balaban J connectivity index is 2.27. The molecule has 0 aliphatic heterocycles. The molecule has 0 spiro atoms. The van der Waals surface area contributed by atoms with E-state index in [1.807, 2.05) is 24.3 Å². The van der Waals surface area contributed by atoms with E-state index in [9.17, 15) is 0 Å². The summed E-state index contributed by atoms with van der Waals surface area (Å²) in [5, 5.41) is 0. The van der Waals surface area contributed by atoms with Gasteiger partial charge >= 0.3 is 0 Å². The van der Waals surface area contributed by atoms with Crippen LogP contribution in [0.25, 0.3) is 0 Å². The van der Waals surface area contributed by atoms with Gasteiger partial charge in [0.2, 0.25) is 0 Å². The molecule has 15 heavy (non-hydrogen) atoms. The summed E-state index contributed by atoms with van der Waals surface area (Å²) in [6.45, 7) is 6.08. The fourth-order valence-electron chi connectivity index (χ4n) is 1.67. The number of hydrogen-bond donors (Lipinski definition) is 0. The minimum atomic E-state index is 0.971. The van der Waals surface area contributed by atoms with Crippen LogP contribution in [-0.2, 0) is 0 Å². The van der Waals surface area contributed by atoms with Crippen molar-refractivity contribution in [2.24, 2.45) is 4.99 Å². The van der Waals surface area contributed by atoms with Gasteiger partial charge in [0, 0.05) is 0 Å². The Morgan fingerprint density at radius 1 is 1.13 bits per heavy atom. The minimum absolute atomic E-state index is 0.971. The number of rotatable bonds is 1. The zero-order valence-electron chi connectivity index (χ0n) is 9.03. The fourth-order valence-corrected chi connectivity index (χ4v) is 1.67. The molecule has 0 heterocycles. The maximum atomic E-state index is 4.63. The molecule has 0 N–H and O–H groups in total. The maximum Gasteiger partial charge on any atom is 0.0703 e. The number of allylic oxidation sites excluding steroid dienone is 8. The van der Waals surface area contributed by atoms with Crippen LogP contribution in [0, 0.1) is 0 Å². The normalized spacial score (nSPS) is 23.0. The number of hydrogen-bond acceptors (Lipinski definition) is 1. The molecule has 0 aromatic heterocycles. The standard InChI is InChI=1S/C14H15N/c1-11-7-3-5-9-13(11)15-14-10-6-4-8-12(14)2/h3,5,7-10H,1,4,6H2,2H3. The van der Waals surface area contributed by atoms with E-state index < -0.39 is 0 Å². The lowest BCUT2D eigenvalue weighted by Gasteiger charge is -2.11. The highest BCUT2D eigenvalue weighted by molar-refractivity contribution is 6.11. The highest BCUT2D eigenvalue weighted by Gasteiger charge is 2.06. The Morgan fingerprint density at radius 3 is 2.60 bits per heavy atom. The Bertz CT molecular complexity index is 428. The van der Waals surface area contributed by atoms with Crippen molar-refractivity contribution < 1.29 is 0 Å². The second kappa shape index (κ2) is 4.26. The molecule has 1 nitrogen and oxygen atoms in total. The third-order valence-electron chi connectivity index (χ3n) is 2.59. The fraction of sp³-hybridized carbons (Fsp3) is 0.214. The Labute approximate surface area is 90.9 Å². The first kappa shape index (κ1) is 9.91. The molecule has 0 fully saturated rings. The van der Waals surface area contributed by atoms with E-state index in [-0.39, 0.29) is 0 Å². The average molecular weight is 197 g/mol. The molecule has 76 valence electrons. The van der Waals surface area contributed by atoms with Gasteiger partial charge in [0.05, 0.1) is 11.4 Å². The molecule has 2 aliphatic carbocycles. The van der Waals surface area contributed by atoms with Crippen molar-refractivity contribution in [1.82, 2.24) is 0 Å². The highest BCUT2D eigenvalue weighted by atomic mass is 14.8. The first-order valence-electron chi connectivity index (χ1n) is 5.27. The van der Waals surface area contributed by atoms with Gasteiger partial charge in [-0.25, -0.2) is 4.99 Å². The lowest BCUT2D eigenvalue weighted by molar-refractivity contribution is 0.982. The molecular weight excluding hydrogens is 182 g/mol. The summed E-state index contributed by atoms with van der Waals surface area (Å²) in [4.78, 5) is 4.63. The van der Waals surface area contributed by atoms with Crippen molar-refractivity contribution in [3.05, 3.63) is 59.9 Å². The SMILES string of the molecule is C=C1C=CC=CC1=NC1=CCCC=C1C. The quantitative estimate of drug-likeness (QED) is 0.607. The zero-order chi connectivity index (χ0) is 10.7. The molecule has 2 aliphatic rings. The second-order valence-corrected chi connectivity index (χ2v) is 3.79. The van der Waals surface area contributed by atoms with E-state index in [1.165, 1.54) is 5.57 Å². The van der Waals surface area contributed by atoms with Crippen molar-refractivity contribution in [3.63, 3.8) is 0 Å². The predicted octanol–water partition coefficient (Wildman–Crippen LogP) is 3.73. The van der Waals surface area contributed by atoms with Crippen LogP contribution in [0.3, 0.4) is 0 Å². The maximum absolute atomic E-state index is 4.63. The molecular formula is C14H15N. The van der Waals surface area contributed by atoms with E-state index in [4.69, 9.17) is 0 Å². The lowest BCUT2D eigenvalue weighted by atomic mass is 10.0. The minimum Gasteiger partial charge on any atom is -0.249 e. The summed E-state index contributed by atoms with van der Waals surface area (Å²) in [7, 11) is 0. The van der Waals surface area contributed by atoms with Crippen LogP contribution in [0.4, 0.5) is 0 Å². The Kier molecular flexibility index (Phi) is 2.82. The third-order valence-corrected chi connectivity index (χ3v) is 2.59. The largest absolute Gasteiger partial charge is 0.249 e. The molecule has 0 bridgehead atoms. The Morgan fingerprint density at radius 2 is 1.87 bits per heavy atom. The van der Waals surface area contributed by atoms with Crippen LogP contribution in [-0.4, -0.2) is 5.71 Å². The van der Waals surface area contributed by atoms with Crippen molar-refractivity contribution in [2.75, 3.05) is 0 Å². The van der Waals surface area contributed by atoms with Crippen molar-refractivity contribution in [1.29, 1.82) is 0 Å². The summed E-state index contributed by atoms with van der Waals surface area (Å²) in [5.41, 5.74) is 4.32. The predicted molar refractivity (Wildman–Crippen MR) is 65.9 cm³/mol. The summed E-state index contributed by atoms with van der Waals surface area (Å²) in [5.74, 6) is 0. The van der Waals surface area contributed by atoms with E-state index in [2.05, 4.69) is 30.6 Å². The summed E-state index contributed by atoms with van der Waals surface area (Å²) in [6.07, 6.45) is 14.6. The van der Waals surface area contributed by atoms with Gasteiger partial charge in [-0.05, 0) is 37.0 Å². The van der Waals surface area contributed by atoms with Gasteiger partial charge in [-0.3, -0.25) is 0 Å². The van der Waals surface area contributed by atoms with Crippen molar-refractivity contribution in [2.45, 2.75) is 19.8 Å². The van der Waals surface area contributed by atoms with Gasteiger partial charge in [0.1, 0.15) is 0 Å². The summed E-state index contributed by atoms with van der Waals surface area (Å²) >= 11 is 0. The molecule has 0 saturated carbocycles. The van der Waals surface area contributed by atoms with Gasteiger partial charge < -0.3 is 0 Å². The van der Waals surface area contributed by atoms with Crippen LogP contribution in [0.2, 0.25) is 0 Å². The van der Waals surface area contributed by atoms with Gasteiger partial charge in [-0.1, -0.05) is 37.0 Å². The van der Waals surface area contributed by atoms with Gasteiger partial charge in [-0.15, -0.1) is 0 Å². The van der Waals surface area contributed by atoms with Crippen LogP contribution in [0.1, 0.15) is 19.8 Å². The molecule has 0 amide bonds. The molecule has 0 unspecified atom stereocenters. The first-order chi connectivity index (χ1) is 7.27. The van der Waals surface area contributed by atoms with Crippen molar-refractivity contribution in [3.8, 4) is 0 Å². The summed E-state index contributed by atoms with van der Waals surface area (Å²) in [6, 6.07) is 0. The van der Waals surface area contributed by atoms with Crippen LogP contribution >= 0.6 is 0 Å². The highest BCUT2D eigenvalue weighted by Crippen LogP contribution is 2.20.